The molecule has 7 nitrogen and oxygen atoms in total. The lowest BCUT2D eigenvalue weighted by Crippen LogP contribution is -2.40. The number of sulfonamides is 1. The van der Waals surface area contributed by atoms with Crippen molar-refractivity contribution in [1.29, 1.82) is 0 Å². The van der Waals surface area contributed by atoms with Crippen molar-refractivity contribution in [3.63, 3.8) is 0 Å². The van der Waals surface area contributed by atoms with Crippen LogP contribution in [0.5, 0.6) is 0 Å². The van der Waals surface area contributed by atoms with Crippen LogP contribution in [0.1, 0.15) is 18.4 Å². The van der Waals surface area contributed by atoms with Gasteiger partial charge in [0.25, 0.3) is 0 Å². The summed E-state index contributed by atoms with van der Waals surface area (Å²) >= 11 is 0. The van der Waals surface area contributed by atoms with E-state index in [4.69, 9.17) is 5.11 Å². The normalized spacial score (nSPS) is 18.0. The van der Waals surface area contributed by atoms with Crippen LogP contribution in [0.25, 0.3) is 0 Å². The molecule has 1 heterocycles. The molecule has 2 rings (SSSR count). The molecule has 9 heteroatoms. The highest BCUT2D eigenvalue weighted by molar-refractivity contribution is 7.90. The fraction of sp³-hybridized carbons (Fsp3) is 0.500. The molecule has 0 unspecified atom stereocenters. The SMILES string of the molecule is CS(=O)(=O)Cc1ccc(S(=O)(=O)N2CCC(C(=O)O)CC2)cc1. The zero-order chi connectivity index (χ0) is 17.3. The minimum absolute atomic E-state index is 0.0866. The van der Waals surface area contributed by atoms with Crippen LogP contribution in [0.3, 0.4) is 0 Å². The molecule has 1 N–H and O–H groups in total. The van der Waals surface area contributed by atoms with Crippen LogP contribution in [0.4, 0.5) is 0 Å². The predicted octanol–water partition coefficient (Wildman–Crippen LogP) is 0.716. The Hall–Kier alpha value is -1.45. The third-order valence-corrected chi connectivity index (χ3v) is 6.56. The summed E-state index contributed by atoms with van der Waals surface area (Å²) in [4.78, 5) is 11.0. The molecule has 0 spiro atoms. The molecule has 0 aromatic heterocycles. The molecule has 23 heavy (non-hydrogen) atoms. The van der Waals surface area contributed by atoms with E-state index in [9.17, 15) is 21.6 Å². The van der Waals surface area contributed by atoms with Crippen molar-refractivity contribution in [1.82, 2.24) is 4.31 Å². The Balaban J connectivity index is 2.13. The van der Waals surface area contributed by atoms with Crippen molar-refractivity contribution < 1.29 is 26.7 Å². The van der Waals surface area contributed by atoms with E-state index in [-0.39, 0.29) is 23.7 Å². The van der Waals surface area contributed by atoms with Crippen molar-refractivity contribution in [2.24, 2.45) is 5.92 Å². The van der Waals surface area contributed by atoms with Gasteiger partial charge >= 0.3 is 5.97 Å². The molecule has 1 aromatic carbocycles. The first kappa shape index (κ1) is 17.9. The molecule has 0 atom stereocenters. The number of carboxylic acid groups (broad SMARTS) is 1. The van der Waals surface area contributed by atoms with Crippen LogP contribution in [-0.4, -0.2) is 51.6 Å². The van der Waals surface area contributed by atoms with E-state index in [0.29, 0.717) is 18.4 Å². The average molecular weight is 361 g/mol. The number of hydrogen-bond donors (Lipinski definition) is 1. The van der Waals surface area contributed by atoms with Crippen LogP contribution in [0.2, 0.25) is 0 Å². The summed E-state index contributed by atoms with van der Waals surface area (Å²) < 4.78 is 48.8. The van der Waals surface area contributed by atoms with Crippen molar-refractivity contribution in [3.05, 3.63) is 29.8 Å². The molecular weight excluding hydrogens is 342 g/mol. The molecule has 0 bridgehead atoms. The van der Waals surface area contributed by atoms with E-state index >= 15 is 0 Å². The molecule has 1 saturated heterocycles. The van der Waals surface area contributed by atoms with Gasteiger partial charge in [0, 0.05) is 19.3 Å². The highest BCUT2D eigenvalue weighted by Crippen LogP contribution is 2.24. The highest BCUT2D eigenvalue weighted by atomic mass is 32.2. The van der Waals surface area contributed by atoms with Gasteiger partial charge in [0.15, 0.2) is 9.84 Å². The maximum Gasteiger partial charge on any atom is 0.306 e. The number of hydrogen-bond acceptors (Lipinski definition) is 5. The minimum atomic E-state index is -3.68. The van der Waals surface area contributed by atoms with Crippen LogP contribution >= 0.6 is 0 Å². The van der Waals surface area contributed by atoms with Gasteiger partial charge in [-0.1, -0.05) is 12.1 Å². The van der Waals surface area contributed by atoms with Crippen LogP contribution in [-0.2, 0) is 30.4 Å². The Labute approximate surface area is 135 Å². The molecule has 0 radical (unpaired) electrons. The van der Waals surface area contributed by atoms with Gasteiger partial charge in [-0.15, -0.1) is 0 Å². The van der Waals surface area contributed by atoms with E-state index in [1.54, 1.807) is 0 Å². The van der Waals surface area contributed by atoms with Crippen molar-refractivity contribution in [2.45, 2.75) is 23.5 Å². The monoisotopic (exact) mass is 361 g/mol. The fourth-order valence-electron chi connectivity index (χ4n) is 2.55. The standard InChI is InChI=1S/C14H19NO6S2/c1-22(18,19)10-11-2-4-13(5-3-11)23(20,21)15-8-6-12(7-9-15)14(16)17/h2-5,12H,6-10H2,1H3,(H,16,17). The lowest BCUT2D eigenvalue weighted by molar-refractivity contribution is -0.142. The van der Waals surface area contributed by atoms with Crippen molar-refractivity contribution in [2.75, 3.05) is 19.3 Å². The first-order valence-corrected chi connectivity index (χ1v) is 10.6. The largest absolute Gasteiger partial charge is 0.481 e. The number of rotatable bonds is 5. The molecule has 128 valence electrons. The molecule has 1 aromatic rings. The summed E-state index contributed by atoms with van der Waals surface area (Å²) in [6.45, 7) is 0.342. The topological polar surface area (TPSA) is 109 Å². The maximum absolute atomic E-state index is 12.5. The van der Waals surface area contributed by atoms with Crippen molar-refractivity contribution >= 4 is 25.8 Å². The Bertz CT molecular complexity index is 775. The van der Waals surface area contributed by atoms with E-state index in [1.807, 2.05) is 0 Å². The second kappa shape index (κ2) is 6.58. The number of aliphatic carboxylic acids is 1. The molecule has 1 fully saturated rings. The summed E-state index contributed by atoms with van der Waals surface area (Å²) in [5.74, 6) is -1.54. The molecule has 1 aliphatic rings. The third kappa shape index (κ3) is 4.52. The van der Waals surface area contributed by atoms with Gasteiger partial charge in [-0.05, 0) is 30.5 Å². The summed E-state index contributed by atoms with van der Waals surface area (Å²) in [5.41, 5.74) is 0.524. The van der Waals surface area contributed by atoms with Crippen LogP contribution in [0.15, 0.2) is 29.2 Å². The van der Waals surface area contributed by atoms with Gasteiger partial charge in [-0.3, -0.25) is 4.79 Å². The van der Waals surface area contributed by atoms with E-state index < -0.39 is 31.7 Å². The first-order valence-electron chi connectivity index (χ1n) is 7.09. The number of benzene rings is 1. The predicted molar refractivity (Wildman–Crippen MR) is 84.1 cm³/mol. The summed E-state index contributed by atoms with van der Waals surface area (Å²) in [6.07, 6.45) is 1.70. The third-order valence-electron chi connectivity index (χ3n) is 3.79. The molecule has 0 saturated carbocycles. The van der Waals surface area contributed by atoms with Crippen LogP contribution in [0, 0.1) is 5.92 Å². The molecule has 1 aliphatic heterocycles. The zero-order valence-corrected chi connectivity index (χ0v) is 14.3. The highest BCUT2D eigenvalue weighted by Gasteiger charge is 2.31. The van der Waals surface area contributed by atoms with E-state index in [2.05, 4.69) is 0 Å². The van der Waals surface area contributed by atoms with Crippen LogP contribution < -0.4 is 0 Å². The van der Waals surface area contributed by atoms with Gasteiger partial charge in [-0.2, -0.15) is 4.31 Å². The average Bonchev–Trinajstić information content (AvgIpc) is 2.46. The Morgan fingerprint density at radius 3 is 2.09 bits per heavy atom. The molecule has 0 amide bonds. The summed E-state index contributed by atoms with van der Waals surface area (Å²) in [5, 5.41) is 8.95. The lowest BCUT2D eigenvalue weighted by atomic mass is 9.99. The number of carbonyl (C=O) groups is 1. The second-order valence-corrected chi connectivity index (χ2v) is 9.81. The smallest absolute Gasteiger partial charge is 0.306 e. The maximum atomic E-state index is 12.5. The Kier molecular flexibility index (Phi) is 5.12. The number of carboxylic acids is 1. The van der Waals surface area contributed by atoms with Gasteiger partial charge in [0.05, 0.1) is 16.6 Å². The number of piperidine rings is 1. The Morgan fingerprint density at radius 2 is 1.65 bits per heavy atom. The summed E-state index contributed by atoms with van der Waals surface area (Å²) in [7, 11) is -6.86. The molecular formula is C14H19NO6S2. The fourth-order valence-corrected chi connectivity index (χ4v) is 4.82. The second-order valence-electron chi connectivity index (χ2n) is 5.73. The van der Waals surface area contributed by atoms with Gasteiger partial charge in [-0.25, -0.2) is 16.8 Å². The molecule has 0 aliphatic carbocycles. The van der Waals surface area contributed by atoms with Gasteiger partial charge in [0.2, 0.25) is 10.0 Å². The van der Waals surface area contributed by atoms with E-state index in [0.717, 1.165) is 6.26 Å². The minimum Gasteiger partial charge on any atom is -0.481 e. The Morgan fingerprint density at radius 1 is 1.13 bits per heavy atom. The first-order chi connectivity index (χ1) is 10.6. The number of nitrogens with zero attached hydrogens (tertiary/aromatic N) is 1. The zero-order valence-electron chi connectivity index (χ0n) is 12.7. The number of sulfone groups is 1. The quantitative estimate of drug-likeness (QED) is 0.827. The van der Waals surface area contributed by atoms with Crippen molar-refractivity contribution in [3.8, 4) is 0 Å². The summed E-state index contributed by atoms with van der Waals surface area (Å²) in [6, 6.07) is 5.74. The van der Waals surface area contributed by atoms with Gasteiger partial charge < -0.3 is 5.11 Å². The lowest BCUT2D eigenvalue weighted by Gasteiger charge is -2.29. The van der Waals surface area contributed by atoms with E-state index in [1.165, 1.54) is 28.6 Å². The van der Waals surface area contributed by atoms with Gasteiger partial charge in [0.1, 0.15) is 0 Å².